The summed E-state index contributed by atoms with van der Waals surface area (Å²) in [5.41, 5.74) is 0.947. The molecule has 0 aliphatic carbocycles. The molecule has 0 aromatic carbocycles. The van der Waals surface area contributed by atoms with E-state index >= 15 is 0 Å². The van der Waals surface area contributed by atoms with Crippen molar-refractivity contribution in [3.8, 4) is 0 Å². The van der Waals surface area contributed by atoms with E-state index in [4.69, 9.17) is 21.1 Å². The zero-order chi connectivity index (χ0) is 21.8. The van der Waals surface area contributed by atoms with Crippen LogP contribution in [0.1, 0.15) is 31.6 Å². The maximum absolute atomic E-state index is 6.28. The molecule has 0 radical (unpaired) electrons. The minimum Gasteiger partial charge on any atom is -0.383 e. The van der Waals surface area contributed by atoms with Crippen molar-refractivity contribution in [2.75, 3.05) is 64.6 Å². The van der Waals surface area contributed by atoms with Gasteiger partial charge in [0, 0.05) is 50.2 Å². The lowest BCUT2D eigenvalue weighted by Crippen LogP contribution is -2.47. The molecule has 0 saturated carbocycles. The van der Waals surface area contributed by atoms with Gasteiger partial charge < -0.3 is 19.3 Å². The zero-order valence-corrected chi connectivity index (χ0v) is 20.4. The SMILES string of the molecule is COCCN(Cc1cc2nc(Cl)nc(N3CCOCC3)c2s1)C1CCN(C(C)C)CC1. The lowest BCUT2D eigenvalue weighted by molar-refractivity contribution is 0.0654. The van der Waals surface area contributed by atoms with Crippen molar-refractivity contribution in [2.24, 2.45) is 0 Å². The summed E-state index contributed by atoms with van der Waals surface area (Å²) in [5.74, 6) is 0.947. The molecule has 7 nitrogen and oxygen atoms in total. The molecule has 9 heteroatoms. The Morgan fingerprint density at radius 2 is 1.97 bits per heavy atom. The normalized spacial score (nSPS) is 19.2. The number of piperidine rings is 1. The molecule has 0 spiro atoms. The first-order chi connectivity index (χ1) is 15.0. The molecule has 2 aliphatic heterocycles. The topological polar surface area (TPSA) is 54.0 Å². The number of nitrogens with zero attached hydrogens (tertiary/aromatic N) is 5. The van der Waals surface area contributed by atoms with E-state index in [0.717, 1.165) is 62.0 Å². The number of likely N-dealkylation sites (tertiary alicyclic amines) is 1. The van der Waals surface area contributed by atoms with Crippen LogP contribution in [0.2, 0.25) is 5.28 Å². The molecular weight excluding hydrogens is 434 g/mol. The van der Waals surface area contributed by atoms with Crippen molar-refractivity contribution >= 4 is 39.0 Å². The van der Waals surface area contributed by atoms with E-state index in [1.165, 1.54) is 30.8 Å². The highest BCUT2D eigenvalue weighted by atomic mass is 35.5. The molecule has 2 aromatic rings. The number of aromatic nitrogens is 2. The maximum atomic E-state index is 6.28. The molecule has 4 rings (SSSR count). The molecule has 0 N–H and O–H groups in total. The largest absolute Gasteiger partial charge is 0.383 e. The fourth-order valence-electron chi connectivity index (χ4n) is 4.57. The Labute approximate surface area is 194 Å². The number of thiophene rings is 1. The van der Waals surface area contributed by atoms with E-state index in [9.17, 15) is 0 Å². The smallest absolute Gasteiger partial charge is 0.224 e. The molecule has 0 amide bonds. The molecule has 2 saturated heterocycles. The Bertz CT molecular complexity index is 850. The first-order valence-corrected chi connectivity index (χ1v) is 12.5. The summed E-state index contributed by atoms with van der Waals surface area (Å²) in [4.78, 5) is 17.8. The molecule has 0 unspecified atom stereocenters. The lowest BCUT2D eigenvalue weighted by Gasteiger charge is -2.39. The molecule has 4 heterocycles. The van der Waals surface area contributed by atoms with E-state index in [0.29, 0.717) is 17.4 Å². The van der Waals surface area contributed by atoms with Crippen LogP contribution < -0.4 is 4.90 Å². The molecule has 31 heavy (non-hydrogen) atoms. The van der Waals surface area contributed by atoms with Crippen molar-refractivity contribution in [2.45, 2.75) is 45.3 Å². The molecular formula is C22H34ClN5O2S. The van der Waals surface area contributed by atoms with Crippen LogP contribution in [0.15, 0.2) is 6.07 Å². The standard InChI is InChI=1S/C22H34ClN5O2S/c1-16(2)26-6-4-17(5-7-26)28(8-11-29-3)15-18-14-19-20(31-18)21(25-22(23)24-19)27-9-12-30-13-10-27/h14,16-17H,4-13,15H2,1-3H3. The predicted octanol–water partition coefficient (Wildman–Crippen LogP) is 3.50. The van der Waals surface area contributed by atoms with Crippen molar-refractivity contribution in [3.63, 3.8) is 0 Å². The number of ether oxygens (including phenoxy) is 2. The summed E-state index contributed by atoms with van der Waals surface area (Å²) in [6.45, 7) is 12.6. The highest BCUT2D eigenvalue weighted by molar-refractivity contribution is 7.19. The Hall–Kier alpha value is -1.03. The van der Waals surface area contributed by atoms with Gasteiger partial charge in [0.05, 0.1) is 30.0 Å². The Morgan fingerprint density at radius 3 is 2.65 bits per heavy atom. The minimum absolute atomic E-state index is 0.315. The van der Waals surface area contributed by atoms with Crippen molar-refractivity contribution in [1.29, 1.82) is 0 Å². The van der Waals surface area contributed by atoms with E-state index < -0.39 is 0 Å². The molecule has 2 fully saturated rings. The lowest BCUT2D eigenvalue weighted by atomic mass is 10.0. The summed E-state index contributed by atoms with van der Waals surface area (Å²) in [6, 6.07) is 3.40. The van der Waals surface area contributed by atoms with Crippen LogP contribution in [0.25, 0.3) is 10.2 Å². The summed E-state index contributed by atoms with van der Waals surface area (Å²) in [6.07, 6.45) is 2.41. The molecule has 172 valence electrons. The predicted molar refractivity (Wildman–Crippen MR) is 127 cm³/mol. The zero-order valence-electron chi connectivity index (χ0n) is 18.8. The minimum atomic E-state index is 0.315. The number of morpholine rings is 1. The van der Waals surface area contributed by atoms with Crippen LogP contribution in [0.4, 0.5) is 5.82 Å². The van der Waals surface area contributed by atoms with Gasteiger partial charge in [0.25, 0.3) is 0 Å². The average molecular weight is 468 g/mol. The van der Waals surface area contributed by atoms with Crippen molar-refractivity contribution in [3.05, 3.63) is 16.2 Å². The number of methoxy groups -OCH3 is 1. The third kappa shape index (κ3) is 5.67. The second-order valence-corrected chi connectivity index (χ2v) is 10.1. The first kappa shape index (κ1) is 23.1. The number of halogens is 1. The third-order valence-corrected chi connectivity index (χ3v) is 7.65. The van der Waals surface area contributed by atoms with E-state index in [1.54, 1.807) is 18.4 Å². The van der Waals surface area contributed by atoms with Gasteiger partial charge in [-0.25, -0.2) is 4.98 Å². The Kier molecular flexibility index (Phi) is 8.01. The van der Waals surface area contributed by atoms with Gasteiger partial charge in [-0.1, -0.05) is 0 Å². The second kappa shape index (κ2) is 10.7. The van der Waals surface area contributed by atoms with Crippen LogP contribution in [0, 0.1) is 0 Å². The van der Waals surface area contributed by atoms with Gasteiger partial charge in [0.1, 0.15) is 0 Å². The van der Waals surface area contributed by atoms with E-state index in [-0.39, 0.29) is 0 Å². The number of rotatable bonds is 8. The van der Waals surface area contributed by atoms with Gasteiger partial charge >= 0.3 is 0 Å². The van der Waals surface area contributed by atoms with Gasteiger partial charge in [-0.3, -0.25) is 4.90 Å². The van der Waals surface area contributed by atoms with Gasteiger partial charge in [-0.15, -0.1) is 11.3 Å². The summed E-state index contributed by atoms with van der Waals surface area (Å²) < 4.78 is 12.1. The number of hydrogen-bond acceptors (Lipinski definition) is 8. The summed E-state index contributed by atoms with van der Waals surface area (Å²) in [5, 5.41) is 0.315. The Balaban J connectivity index is 1.53. The fraction of sp³-hybridized carbons (Fsp3) is 0.727. The fourth-order valence-corrected chi connectivity index (χ4v) is 5.88. The van der Waals surface area contributed by atoms with E-state index in [2.05, 4.69) is 44.6 Å². The Morgan fingerprint density at radius 1 is 1.23 bits per heavy atom. The highest BCUT2D eigenvalue weighted by Crippen LogP contribution is 2.34. The molecule has 0 atom stereocenters. The third-order valence-electron chi connectivity index (χ3n) is 6.38. The number of hydrogen-bond donors (Lipinski definition) is 0. The summed E-state index contributed by atoms with van der Waals surface area (Å²) >= 11 is 8.08. The molecule has 0 bridgehead atoms. The number of anilines is 1. The van der Waals surface area contributed by atoms with E-state index in [1.807, 2.05) is 0 Å². The van der Waals surface area contributed by atoms with Gasteiger partial charge in [-0.05, 0) is 57.4 Å². The van der Waals surface area contributed by atoms with Crippen LogP contribution in [0.5, 0.6) is 0 Å². The first-order valence-electron chi connectivity index (χ1n) is 11.3. The van der Waals surface area contributed by atoms with Gasteiger partial charge in [0.15, 0.2) is 5.82 Å². The van der Waals surface area contributed by atoms with Crippen LogP contribution in [-0.4, -0.2) is 91.5 Å². The van der Waals surface area contributed by atoms with Crippen LogP contribution in [0.3, 0.4) is 0 Å². The monoisotopic (exact) mass is 467 g/mol. The maximum Gasteiger partial charge on any atom is 0.224 e. The summed E-state index contributed by atoms with van der Waals surface area (Å²) in [7, 11) is 1.78. The van der Waals surface area contributed by atoms with Gasteiger partial charge in [-0.2, -0.15) is 4.98 Å². The quantitative estimate of drug-likeness (QED) is 0.550. The van der Waals surface area contributed by atoms with Crippen molar-refractivity contribution < 1.29 is 9.47 Å². The number of fused-ring (bicyclic) bond motifs is 1. The van der Waals surface area contributed by atoms with Gasteiger partial charge in [0.2, 0.25) is 5.28 Å². The molecule has 2 aromatic heterocycles. The van der Waals surface area contributed by atoms with Crippen molar-refractivity contribution in [1.82, 2.24) is 19.8 Å². The highest BCUT2D eigenvalue weighted by Gasteiger charge is 2.27. The molecule has 2 aliphatic rings. The van der Waals surface area contributed by atoms with Crippen LogP contribution >= 0.6 is 22.9 Å². The average Bonchev–Trinajstić information content (AvgIpc) is 3.19. The second-order valence-electron chi connectivity index (χ2n) is 8.67. The van der Waals surface area contributed by atoms with Crippen LogP contribution in [-0.2, 0) is 16.0 Å².